The molecule has 16 atom stereocenters. The van der Waals surface area contributed by atoms with E-state index in [1.54, 1.807) is 40.7 Å². The summed E-state index contributed by atoms with van der Waals surface area (Å²) in [6.45, 7) is 13.3. The first-order valence-electron chi connectivity index (χ1n) is 19.8. The minimum absolute atomic E-state index is 0.106. The lowest BCUT2D eigenvalue weighted by atomic mass is 9.33. The van der Waals surface area contributed by atoms with Gasteiger partial charge in [0, 0.05) is 61.8 Å². The van der Waals surface area contributed by atoms with E-state index in [2.05, 4.69) is 0 Å². The van der Waals surface area contributed by atoms with E-state index in [0.717, 1.165) is 13.8 Å². The van der Waals surface area contributed by atoms with Gasteiger partial charge < -0.3 is 56.9 Å². The number of epoxide rings is 1. The zero-order chi connectivity index (χ0) is 43.3. The summed E-state index contributed by atoms with van der Waals surface area (Å²) in [6.07, 6.45) is -5.54. The van der Waals surface area contributed by atoms with Crippen molar-refractivity contribution in [3.05, 3.63) is 24.2 Å². The van der Waals surface area contributed by atoms with Crippen molar-refractivity contribution < 1.29 is 85.7 Å². The maximum Gasteiger partial charge on any atom is 0.341 e. The molecule has 4 aliphatic carbocycles. The van der Waals surface area contributed by atoms with E-state index < -0.39 is 135 Å². The molecule has 1 aromatic rings. The van der Waals surface area contributed by atoms with Gasteiger partial charge in [-0.15, -0.1) is 0 Å². The average Bonchev–Trinajstić information content (AvgIpc) is 3.47. The van der Waals surface area contributed by atoms with Crippen LogP contribution >= 0.6 is 0 Å². The molecule has 4 heterocycles. The largest absolute Gasteiger partial charge is 0.472 e. The Morgan fingerprint density at radius 2 is 1.47 bits per heavy atom. The Bertz CT molecular complexity index is 2020. The van der Waals surface area contributed by atoms with E-state index in [0.29, 0.717) is 5.56 Å². The summed E-state index contributed by atoms with van der Waals surface area (Å²) in [7, 11) is 2.39. The van der Waals surface area contributed by atoms with Crippen molar-refractivity contribution in [1.82, 2.24) is 0 Å². The number of rotatable bonds is 11. The molecule has 0 aromatic carbocycles. The third-order valence-electron chi connectivity index (χ3n) is 15.5. The lowest BCUT2D eigenvalue weighted by Gasteiger charge is -2.77. The predicted octanol–water partition coefficient (Wildman–Crippen LogP) is 2.75. The quantitative estimate of drug-likeness (QED) is 0.192. The number of hydrogen-bond donors (Lipinski definition) is 1. The second-order valence-corrected chi connectivity index (χ2v) is 18.4. The molecule has 2 spiro atoms. The number of aliphatic hydroxyl groups is 1. The molecule has 7 fully saturated rings. The second-order valence-electron chi connectivity index (χ2n) is 18.4. The van der Waals surface area contributed by atoms with Gasteiger partial charge in [0.2, 0.25) is 5.60 Å². The number of furan rings is 1. The maximum absolute atomic E-state index is 14.4. The first-order valence-corrected chi connectivity index (χ1v) is 19.8. The lowest BCUT2D eigenvalue weighted by molar-refractivity contribution is -0.486. The van der Waals surface area contributed by atoms with E-state index in [1.165, 1.54) is 40.6 Å². The van der Waals surface area contributed by atoms with Gasteiger partial charge in [0.1, 0.15) is 17.3 Å². The number of methoxy groups -OCH3 is 2. The number of esters is 6. The van der Waals surface area contributed by atoms with Crippen LogP contribution in [0.4, 0.5) is 0 Å². The molecule has 4 saturated carbocycles. The number of hydrogen-bond acceptors (Lipinski definition) is 18. The fourth-order valence-corrected chi connectivity index (χ4v) is 13.6. The summed E-state index contributed by atoms with van der Waals surface area (Å²) in [5.74, 6) is -9.34. The van der Waals surface area contributed by atoms with Crippen molar-refractivity contribution >= 4 is 35.8 Å². The molecule has 0 radical (unpaired) electrons. The Morgan fingerprint density at radius 1 is 0.847 bits per heavy atom. The Morgan fingerprint density at radius 3 is 2.00 bits per heavy atom. The van der Waals surface area contributed by atoms with Crippen LogP contribution in [-0.4, -0.2) is 114 Å². The highest BCUT2D eigenvalue weighted by molar-refractivity contribution is 5.83. The average molecular weight is 833 g/mol. The van der Waals surface area contributed by atoms with Crippen LogP contribution in [0, 0.1) is 28.1 Å². The Labute approximate surface area is 340 Å². The first-order chi connectivity index (χ1) is 27.4. The summed E-state index contributed by atoms with van der Waals surface area (Å²) in [5, 5.41) is 13.3. The molecule has 18 heteroatoms. The molecule has 7 aliphatic rings. The highest BCUT2D eigenvalue weighted by atomic mass is 16.9. The standard InChI is InChI=1S/C41H52O18/c1-19-35(7,55-19)32(48)54-30-34(6)18-38-36(8,24(34)14-27(46)49-10)41-26(45)16-33(5,29(52-20(2)42)23-12-13-51-17-23)25(15-28(47)50-11)39(41,58-37(9,57-38)59-41)31(53-21(3)43)40(30,38)56-22(4)44/h12-13,17,19,24-26,29-31,45H,14-16,18H2,1-11H3/t19-,24+,25-,26?,29-,30?,31?,33+,34+,35+,36-,37?,38?,39+,40?,41+/m1/s1. The van der Waals surface area contributed by atoms with E-state index in [4.69, 9.17) is 51.8 Å². The van der Waals surface area contributed by atoms with Gasteiger partial charge in [0.15, 0.2) is 23.4 Å². The molecule has 324 valence electrons. The van der Waals surface area contributed by atoms with Crippen LogP contribution in [0.3, 0.4) is 0 Å². The van der Waals surface area contributed by atoms with E-state index in [-0.39, 0.29) is 19.3 Å². The van der Waals surface area contributed by atoms with Crippen LogP contribution in [0.25, 0.3) is 0 Å². The Kier molecular flexibility index (Phi) is 8.81. The van der Waals surface area contributed by atoms with Crippen molar-refractivity contribution in [3.63, 3.8) is 0 Å². The van der Waals surface area contributed by atoms with Crippen molar-refractivity contribution in [1.29, 1.82) is 0 Å². The van der Waals surface area contributed by atoms with Crippen LogP contribution in [0.2, 0.25) is 0 Å². The fourth-order valence-electron chi connectivity index (χ4n) is 13.6. The molecular weight excluding hydrogens is 780 g/mol. The summed E-state index contributed by atoms with van der Waals surface area (Å²) in [4.78, 5) is 82.7. The van der Waals surface area contributed by atoms with Crippen molar-refractivity contribution in [3.8, 4) is 0 Å². The summed E-state index contributed by atoms with van der Waals surface area (Å²) >= 11 is 0. The number of carbonyl (C=O) groups excluding carboxylic acids is 6. The molecule has 18 nitrogen and oxygen atoms in total. The van der Waals surface area contributed by atoms with Crippen LogP contribution in [0.5, 0.6) is 0 Å². The fraction of sp³-hybridized carbons (Fsp3) is 0.756. The zero-order valence-electron chi connectivity index (χ0n) is 35.0. The number of fused-ring (bicyclic) bond motifs is 2. The Balaban J connectivity index is 1.52. The van der Waals surface area contributed by atoms with Crippen LogP contribution in [0.1, 0.15) is 99.7 Å². The lowest BCUT2D eigenvalue weighted by Crippen LogP contribution is -2.96. The van der Waals surface area contributed by atoms with Crippen molar-refractivity contribution in [2.75, 3.05) is 14.2 Å². The van der Waals surface area contributed by atoms with Crippen molar-refractivity contribution in [2.24, 2.45) is 28.1 Å². The normalized spacial score (nSPS) is 48.3. The first kappa shape index (κ1) is 41.6. The molecule has 1 aromatic heterocycles. The maximum atomic E-state index is 14.4. The van der Waals surface area contributed by atoms with Gasteiger partial charge in [-0.3, -0.25) is 24.0 Å². The highest BCUT2D eigenvalue weighted by Gasteiger charge is 3.06. The van der Waals surface area contributed by atoms with Gasteiger partial charge >= 0.3 is 35.8 Å². The van der Waals surface area contributed by atoms with Gasteiger partial charge in [0.25, 0.3) is 5.97 Å². The topological polar surface area (TPSA) is 231 Å². The molecule has 8 rings (SSSR count). The van der Waals surface area contributed by atoms with E-state index >= 15 is 0 Å². The SMILES string of the molecule is COC(=O)C[C@@H]1[C@@](C)([C@H](OC(C)=O)c2ccoc2)CC(O)[C@@]23OC4(C)OC56C[C@](C)(C(OC(=O)[C@@]7(C)O[C@@H]7C)C5(OC(C)=O)C(OC(C)=O)[C@@]12O4)[C@H](CC(=O)OC)[C@]63C. The Hall–Kier alpha value is -4.10. The molecule has 3 saturated heterocycles. The predicted molar refractivity (Wildman–Crippen MR) is 192 cm³/mol. The molecular formula is C41H52O18. The molecule has 0 amide bonds. The zero-order valence-corrected chi connectivity index (χ0v) is 35.0. The van der Waals surface area contributed by atoms with Gasteiger partial charge in [-0.25, -0.2) is 4.79 Å². The van der Waals surface area contributed by atoms with Gasteiger partial charge in [-0.1, -0.05) is 20.8 Å². The van der Waals surface area contributed by atoms with Crippen LogP contribution in [-0.2, 0) is 76.1 Å². The third kappa shape index (κ3) is 4.69. The third-order valence-corrected chi connectivity index (χ3v) is 15.5. The van der Waals surface area contributed by atoms with Gasteiger partial charge in [-0.2, -0.15) is 0 Å². The molecule has 59 heavy (non-hydrogen) atoms. The van der Waals surface area contributed by atoms with Gasteiger partial charge in [-0.05, 0) is 38.7 Å². The molecule has 6 unspecified atom stereocenters. The minimum atomic E-state index is -2.35. The monoisotopic (exact) mass is 832 g/mol. The van der Waals surface area contributed by atoms with Crippen molar-refractivity contribution in [2.45, 2.75) is 152 Å². The number of carbonyl (C=O) groups is 6. The summed E-state index contributed by atoms with van der Waals surface area (Å²) in [6, 6.07) is 1.56. The summed E-state index contributed by atoms with van der Waals surface area (Å²) in [5.41, 5.74) is -14.5. The number of ether oxygens (including phenoxy) is 10. The molecule has 3 aliphatic heterocycles. The highest BCUT2D eigenvalue weighted by Crippen LogP contribution is 2.90. The molecule has 4 bridgehead atoms. The second kappa shape index (κ2) is 12.5. The van der Waals surface area contributed by atoms with E-state index in [1.807, 2.05) is 0 Å². The smallest absolute Gasteiger partial charge is 0.341 e. The van der Waals surface area contributed by atoms with Crippen LogP contribution < -0.4 is 0 Å². The van der Waals surface area contributed by atoms with E-state index in [9.17, 15) is 33.9 Å². The molecule has 1 N–H and O–H groups in total. The summed E-state index contributed by atoms with van der Waals surface area (Å²) < 4.78 is 68.8. The van der Waals surface area contributed by atoms with Crippen LogP contribution in [0.15, 0.2) is 23.0 Å². The number of aliphatic hydroxyl groups excluding tert-OH is 1. The van der Waals surface area contributed by atoms with Gasteiger partial charge in [0.05, 0.1) is 45.4 Å². The minimum Gasteiger partial charge on any atom is -0.472 e.